The molecule has 1 atom stereocenters. The topological polar surface area (TPSA) is 155 Å². The molecule has 0 aliphatic heterocycles. The average Bonchev–Trinajstić information content (AvgIpc) is 2.72. The van der Waals surface area contributed by atoms with Crippen molar-refractivity contribution >= 4 is 29.8 Å². The van der Waals surface area contributed by atoms with Crippen LogP contribution in [-0.4, -0.2) is 42.9 Å². The van der Waals surface area contributed by atoms with Crippen molar-refractivity contribution in [3.05, 3.63) is 12.2 Å². The van der Waals surface area contributed by atoms with Crippen molar-refractivity contribution in [2.45, 2.75) is 65.2 Å². The van der Waals surface area contributed by atoms with Crippen molar-refractivity contribution < 1.29 is 19.2 Å². The van der Waals surface area contributed by atoms with Gasteiger partial charge in [0.15, 0.2) is 0 Å². The number of hydrazone groups is 1. The lowest BCUT2D eigenvalue weighted by Gasteiger charge is -2.08. The fraction of sp³-hybridized carbons (Fsp3) is 0.650. The zero-order valence-corrected chi connectivity index (χ0v) is 18.1. The molecular weight excluding hydrogens is 388 g/mol. The summed E-state index contributed by atoms with van der Waals surface area (Å²) in [4.78, 5) is 45.9. The summed E-state index contributed by atoms with van der Waals surface area (Å²) in [5.74, 6) is 3.78. The van der Waals surface area contributed by atoms with Gasteiger partial charge in [-0.05, 0) is 39.5 Å². The number of rotatable bonds is 16. The maximum Gasteiger partial charge on any atom is 0.246 e. The summed E-state index contributed by atoms with van der Waals surface area (Å²) in [5, 5.41) is 9.35. The van der Waals surface area contributed by atoms with Gasteiger partial charge in [-0.25, -0.2) is 11.3 Å². The monoisotopic (exact) mass is 424 g/mol. The van der Waals surface area contributed by atoms with Crippen LogP contribution in [0.25, 0.3) is 0 Å². The Hall–Kier alpha value is -2.75. The van der Waals surface area contributed by atoms with Crippen LogP contribution in [0.2, 0.25) is 0 Å². The van der Waals surface area contributed by atoms with Crippen LogP contribution < -0.4 is 27.3 Å². The molecule has 0 saturated heterocycles. The Morgan fingerprint density at radius 2 is 1.50 bits per heavy atom. The fourth-order valence-electron chi connectivity index (χ4n) is 2.32. The highest BCUT2D eigenvalue weighted by atomic mass is 16.2. The van der Waals surface area contributed by atoms with Crippen LogP contribution in [0.15, 0.2) is 17.3 Å². The number of carbonyl (C=O) groups excluding carboxylic acids is 4. The number of carbonyl (C=O) groups is 4. The van der Waals surface area contributed by atoms with Gasteiger partial charge in [0.1, 0.15) is 0 Å². The van der Waals surface area contributed by atoms with Gasteiger partial charge in [-0.3, -0.25) is 24.6 Å². The highest BCUT2D eigenvalue weighted by molar-refractivity contribution is 5.93. The van der Waals surface area contributed by atoms with Gasteiger partial charge in [0.2, 0.25) is 23.6 Å². The van der Waals surface area contributed by atoms with Crippen LogP contribution in [0.1, 0.15) is 65.2 Å². The van der Waals surface area contributed by atoms with Crippen LogP contribution in [-0.2, 0) is 19.2 Å². The minimum atomic E-state index is -0.467. The van der Waals surface area contributed by atoms with Gasteiger partial charge in [0.25, 0.3) is 0 Å². The normalized spacial score (nSPS) is 11.6. The molecule has 0 rings (SSSR count). The van der Waals surface area contributed by atoms with Crippen molar-refractivity contribution in [3.8, 4) is 0 Å². The first-order chi connectivity index (χ1) is 14.3. The predicted molar refractivity (Wildman–Crippen MR) is 116 cm³/mol. The molecule has 10 heteroatoms. The van der Waals surface area contributed by atoms with Gasteiger partial charge in [-0.15, -0.1) is 0 Å². The molecule has 0 aliphatic carbocycles. The van der Waals surface area contributed by atoms with Crippen molar-refractivity contribution in [1.82, 2.24) is 21.5 Å². The molecule has 170 valence electrons. The van der Waals surface area contributed by atoms with Crippen molar-refractivity contribution in [2.75, 3.05) is 13.1 Å². The van der Waals surface area contributed by atoms with E-state index in [1.807, 2.05) is 0 Å². The first kappa shape index (κ1) is 27.2. The van der Waals surface area contributed by atoms with Crippen LogP contribution in [0.4, 0.5) is 0 Å². The van der Waals surface area contributed by atoms with Gasteiger partial charge in [0, 0.05) is 37.7 Å². The van der Waals surface area contributed by atoms with Crippen LogP contribution in [0, 0.1) is 5.92 Å². The molecule has 0 spiro atoms. The van der Waals surface area contributed by atoms with Crippen LogP contribution >= 0.6 is 0 Å². The van der Waals surface area contributed by atoms with E-state index in [9.17, 15) is 19.2 Å². The lowest BCUT2D eigenvalue weighted by molar-refractivity contribution is -0.123. The lowest BCUT2D eigenvalue weighted by Crippen LogP contribution is -2.31. The largest absolute Gasteiger partial charge is 0.356 e. The van der Waals surface area contributed by atoms with Gasteiger partial charge in [0.05, 0.1) is 5.92 Å². The van der Waals surface area contributed by atoms with Crippen molar-refractivity contribution in [1.29, 1.82) is 0 Å². The number of amides is 4. The zero-order valence-electron chi connectivity index (χ0n) is 18.1. The lowest BCUT2D eigenvalue weighted by atomic mass is 10.1. The Morgan fingerprint density at radius 1 is 0.933 bits per heavy atom. The molecule has 0 aromatic carbocycles. The highest BCUT2D eigenvalue weighted by Gasteiger charge is 2.09. The first-order valence-corrected chi connectivity index (χ1v) is 10.3. The number of unbranched alkanes of at least 4 members (excludes halogenated alkanes) is 4. The number of hydrogen-bond acceptors (Lipinski definition) is 6. The molecule has 0 bridgehead atoms. The van der Waals surface area contributed by atoms with Crippen LogP contribution in [0.3, 0.4) is 0 Å². The molecule has 0 fully saturated rings. The second-order valence-corrected chi connectivity index (χ2v) is 7.12. The molecule has 0 aliphatic rings. The van der Waals surface area contributed by atoms with E-state index in [1.165, 1.54) is 6.21 Å². The first-order valence-electron chi connectivity index (χ1n) is 10.3. The summed E-state index contributed by atoms with van der Waals surface area (Å²) < 4.78 is 0. The van der Waals surface area contributed by atoms with Gasteiger partial charge < -0.3 is 10.6 Å². The second-order valence-electron chi connectivity index (χ2n) is 7.12. The highest BCUT2D eigenvalue weighted by Crippen LogP contribution is 2.00. The number of hydrogen-bond donors (Lipinski definition) is 5. The molecule has 30 heavy (non-hydrogen) atoms. The van der Waals surface area contributed by atoms with Crippen LogP contribution in [0.5, 0.6) is 0 Å². The van der Waals surface area contributed by atoms with Crippen molar-refractivity contribution in [2.24, 2.45) is 16.9 Å². The molecule has 0 aromatic heterocycles. The van der Waals surface area contributed by atoms with Crippen molar-refractivity contribution in [3.63, 3.8) is 0 Å². The summed E-state index contributed by atoms with van der Waals surface area (Å²) in [6, 6.07) is 0. The van der Waals surface area contributed by atoms with Gasteiger partial charge in [-0.2, -0.15) is 5.10 Å². The van der Waals surface area contributed by atoms with Gasteiger partial charge >= 0.3 is 0 Å². The maximum atomic E-state index is 11.9. The number of nitrogens with one attached hydrogen (secondary N) is 4. The summed E-state index contributed by atoms with van der Waals surface area (Å²) in [6.07, 6.45) is 6.67. The predicted octanol–water partition coefficient (Wildman–Crippen LogP) is 0.644. The van der Waals surface area contributed by atoms with E-state index in [2.05, 4.69) is 33.2 Å². The van der Waals surface area contributed by atoms with E-state index in [0.29, 0.717) is 44.3 Å². The van der Waals surface area contributed by atoms with E-state index < -0.39 is 5.92 Å². The fourth-order valence-corrected chi connectivity index (χ4v) is 2.32. The number of hydrazine groups is 1. The SMILES string of the molecule is C=C(C)C(=O)NCCCCCC(=O)NN=CC(C)C(=O)NCCCCCC(=O)NN. The third-order valence-electron chi connectivity index (χ3n) is 4.20. The number of nitrogens with zero attached hydrogens (tertiary/aromatic N) is 1. The second kappa shape index (κ2) is 17.1. The van der Waals surface area contributed by atoms with E-state index >= 15 is 0 Å². The maximum absolute atomic E-state index is 11.9. The Balaban J connectivity index is 3.75. The summed E-state index contributed by atoms with van der Waals surface area (Å²) >= 11 is 0. The molecule has 4 amide bonds. The Morgan fingerprint density at radius 3 is 2.07 bits per heavy atom. The summed E-state index contributed by atoms with van der Waals surface area (Å²) in [7, 11) is 0. The molecule has 10 nitrogen and oxygen atoms in total. The smallest absolute Gasteiger partial charge is 0.246 e. The minimum absolute atomic E-state index is 0.156. The molecule has 0 radical (unpaired) electrons. The Bertz CT molecular complexity index is 606. The molecule has 1 unspecified atom stereocenters. The molecule has 0 aromatic rings. The standard InChI is InChI=1S/C20H36N6O4/c1-15(2)19(29)22-12-8-5-7-11-18(28)26-24-14-16(3)20(30)23-13-9-4-6-10-17(27)25-21/h14,16H,1,4-13,21H2,2-3H3,(H,22,29)(H,23,30)(H,25,27)(H,26,28). The third-order valence-corrected chi connectivity index (χ3v) is 4.20. The molecule has 6 N–H and O–H groups in total. The average molecular weight is 425 g/mol. The third kappa shape index (κ3) is 15.2. The van der Waals surface area contributed by atoms with E-state index in [4.69, 9.17) is 5.84 Å². The van der Waals surface area contributed by atoms with E-state index in [0.717, 1.165) is 25.7 Å². The quantitative estimate of drug-likeness (QED) is 0.0614. The molecule has 0 saturated carbocycles. The molecular formula is C20H36N6O4. The molecule has 0 heterocycles. The van der Waals surface area contributed by atoms with Gasteiger partial charge in [-0.1, -0.05) is 19.4 Å². The summed E-state index contributed by atoms with van der Waals surface area (Å²) in [6.45, 7) is 7.97. The Labute approximate surface area is 178 Å². The number of nitrogens with two attached hydrogens (primary N) is 1. The summed E-state index contributed by atoms with van der Waals surface area (Å²) in [5.41, 5.74) is 4.96. The van der Waals surface area contributed by atoms with E-state index in [1.54, 1.807) is 13.8 Å². The minimum Gasteiger partial charge on any atom is -0.356 e. The Kier molecular flexibility index (Phi) is 15.6. The zero-order chi connectivity index (χ0) is 22.8. The van der Waals surface area contributed by atoms with E-state index in [-0.39, 0.29) is 23.6 Å².